The SMILES string of the molecule is CC(CN)C(C1=CC=CC=CN1)C(C)CN. The highest BCUT2D eigenvalue weighted by Gasteiger charge is 2.25. The van der Waals surface area contributed by atoms with Crippen molar-refractivity contribution in [2.75, 3.05) is 13.1 Å². The quantitative estimate of drug-likeness (QED) is 0.656. The maximum atomic E-state index is 5.78. The summed E-state index contributed by atoms with van der Waals surface area (Å²) in [6.07, 6.45) is 10.1. The van der Waals surface area contributed by atoms with Crippen LogP contribution in [0.4, 0.5) is 0 Å². The van der Waals surface area contributed by atoms with Crippen LogP contribution in [-0.2, 0) is 0 Å². The van der Waals surface area contributed by atoms with Crippen molar-refractivity contribution in [1.82, 2.24) is 5.32 Å². The van der Waals surface area contributed by atoms with Gasteiger partial charge in [0.05, 0.1) is 0 Å². The van der Waals surface area contributed by atoms with E-state index in [9.17, 15) is 0 Å². The first-order valence-electron chi connectivity index (χ1n) is 5.90. The minimum atomic E-state index is 0.391. The highest BCUT2D eigenvalue weighted by Crippen LogP contribution is 2.27. The monoisotopic (exact) mass is 221 g/mol. The molecule has 1 rings (SSSR count). The van der Waals surface area contributed by atoms with E-state index in [4.69, 9.17) is 11.5 Å². The summed E-state index contributed by atoms with van der Waals surface area (Å²) in [5.41, 5.74) is 12.8. The van der Waals surface area contributed by atoms with Gasteiger partial charge in [0, 0.05) is 17.8 Å². The maximum absolute atomic E-state index is 5.78. The van der Waals surface area contributed by atoms with Crippen molar-refractivity contribution >= 4 is 0 Å². The molecule has 2 atom stereocenters. The predicted octanol–water partition coefficient (Wildman–Crippen LogP) is 1.35. The van der Waals surface area contributed by atoms with E-state index in [0.29, 0.717) is 30.8 Å². The second kappa shape index (κ2) is 6.51. The summed E-state index contributed by atoms with van der Waals surface area (Å²) in [5.74, 6) is 1.25. The van der Waals surface area contributed by atoms with E-state index in [0.717, 1.165) is 0 Å². The Morgan fingerprint density at radius 3 is 2.25 bits per heavy atom. The van der Waals surface area contributed by atoms with Crippen LogP contribution in [0.1, 0.15) is 13.8 Å². The molecule has 16 heavy (non-hydrogen) atoms. The van der Waals surface area contributed by atoms with Gasteiger partial charge in [-0.05, 0) is 37.1 Å². The Hall–Kier alpha value is -1.06. The molecule has 3 heteroatoms. The highest BCUT2D eigenvalue weighted by molar-refractivity contribution is 5.23. The normalized spacial score (nSPS) is 20.6. The van der Waals surface area contributed by atoms with E-state index in [1.807, 2.05) is 24.4 Å². The largest absolute Gasteiger partial charge is 0.365 e. The summed E-state index contributed by atoms with van der Waals surface area (Å²) >= 11 is 0. The van der Waals surface area contributed by atoms with Crippen molar-refractivity contribution in [2.45, 2.75) is 13.8 Å². The lowest BCUT2D eigenvalue weighted by Gasteiger charge is -2.30. The van der Waals surface area contributed by atoms with Crippen LogP contribution in [0.15, 0.2) is 36.2 Å². The van der Waals surface area contributed by atoms with E-state index in [-0.39, 0.29) is 0 Å². The van der Waals surface area contributed by atoms with Gasteiger partial charge in [0.15, 0.2) is 0 Å². The third-order valence-corrected chi connectivity index (χ3v) is 3.17. The van der Waals surface area contributed by atoms with Crippen LogP contribution >= 0.6 is 0 Å². The van der Waals surface area contributed by atoms with E-state index in [2.05, 4.69) is 25.2 Å². The number of nitrogens with two attached hydrogens (primary N) is 2. The first-order valence-corrected chi connectivity index (χ1v) is 5.90. The van der Waals surface area contributed by atoms with Gasteiger partial charge in [-0.1, -0.05) is 26.0 Å². The van der Waals surface area contributed by atoms with E-state index in [1.165, 1.54) is 5.70 Å². The molecule has 3 nitrogen and oxygen atoms in total. The van der Waals surface area contributed by atoms with E-state index >= 15 is 0 Å². The second-order valence-corrected chi connectivity index (χ2v) is 4.46. The van der Waals surface area contributed by atoms with Gasteiger partial charge in [0.1, 0.15) is 0 Å². The minimum Gasteiger partial charge on any atom is -0.365 e. The first-order chi connectivity index (χ1) is 7.70. The van der Waals surface area contributed by atoms with Gasteiger partial charge in [0.25, 0.3) is 0 Å². The first kappa shape index (κ1) is 13.0. The summed E-state index contributed by atoms with van der Waals surface area (Å²) in [6, 6.07) is 0. The average molecular weight is 221 g/mol. The fourth-order valence-electron chi connectivity index (χ4n) is 2.15. The van der Waals surface area contributed by atoms with Crippen LogP contribution in [0.25, 0.3) is 0 Å². The molecule has 0 fully saturated rings. The summed E-state index contributed by atoms with van der Waals surface area (Å²) in [6.45, 7) is 5.72. The molecule has 0 aliphatic carbocycles. The molecule has 0 spiro atoms. The molecule has 0 saturated heterocycles. The number of nitrogens with one attached hydrogen (secondary N) is 1. The summed E-state index contributed by atoms with van der Waals surface area (Å²) in [4.78, 5) is 0. The van der Waals surface area contributed by atoms with Gasteiger partial charge >= 0.3 is 0 Å². The molecule has 2 unspecified atom stereocenters. The Morgan fingerprint density at radius 2 is 1.69 bits per heavy atom. The van der Waals surface area contributed by atoms with Crippen molar-refractivity contribution in [3.05, 3.63) is 36.2 Å². The minimum absolute atomic E-state index is 0.391. The lowest BCUT2D eigenvalue weighted by Crippen LogP contribution is -2.34. The molecule has 0 aromatic rings. The zero-order valence-corrected chi connectivity index (χ0v) is 10.2. The lowest BCUT2D eigenvalue weighted by molar-refractivity contribution is 0.301. The molecule has 5 N–H and O–H groups in total. The van der Waals surface area contributed by atoms with Crippen molar-refractivity contribution in [2.24, 2.45) is 29.2 Å². The van der Waals surface area contributed by atoms with Crippen molar-refractivity contribution < 1.29 is 0 Å². The van der Waals surface area contributed by atoms with Gasteiger partial charge in [-0.2, -0.15) is 0 Å². The highest BCUT2D eigenvalue weighted by atomic mass is 14.9. The summed E-state index contributed by atoms with van der Waals surface area (Å²) in [7, 11) is 0. The molecule has 0 bridgehead atoms. The fourth-order valence-corrected chi connectivity index (χ4v) is 2.15. The Labute approximate surface area is 98.3 Å². The molecule has 0 aromatic heterocycles. The Kier molecular flexibility index (Phi) is 5.29. The van der Waals surface area contributed by atoms with Crippen LogP contribution in [0.3, 0.4) is 0 Å². The molecule has 0 aromatic carbocycles. The van der Waals surface area contributed by atoms with Crippen LogP contribution in [0.2, 0.25) is 0 Å². The zero-order valence-electron chi connectivity index (χ0n) is 10.2. The van der Waals surface area contributed by atoms with Gasteiger partial charge in [-0.25, -0.2) is 0 Å². The molecule has 90 valence electrons. The van der Waals surface area contributed by atoms with Crippen LogP contribution in [0, 0.1) is 17.8 Å². The average Bonchev–Trinajstić information content (AvgIpc) is 2.57. The Bertz CT molecular complexity index is 282. The van der Waals surface area contributed by atoms with Crippen molar-refractivity contribution in [3.8, 4) is 0 Å². The zero-order chi connectivity index (χ0) is 12.0. The fraction of sp³-hybridized carbons (Fsp3) is 0.538. The standard InChI is InChI=1S/C13H23N3/c1-10(8-14)13(11(2)9-15)12-6-4-3-5-7-16-12/h3-7,10-11,13,16H,8-9,14-15H2,1-2H3. The number of hydrogen-bond acceptors (Lipinski definition) is 3. The number of rotatable bonds is 5. The Balaban J connectivity index is 2.87. The second-order valence-electron chi connectivity index (χ2n) is 4.46. The topological polar surface area (TPSA) is 64.1 Å². The molecule has 0 amide bonds. The smallest absolute Gasteiger partial charge is 0.0184 e. The molecule has 0 radical (unpaired) electrons. The van der Waals surface area contributed by atoms with Gasteiger partial charge in [-0.15, -0.1) is 0 Å². The van der Waals surface area contributed by atoms with Crippen LogP contribution < -0.4 is 16.8 Å². The predicted molar refractivity (Wildman–Crippen MR) is 69.4 cm³/mol. The number of hydrogen-bond donors (Lipinski definition) is 3. The van der Waals surface area contributed by atoms with E-state index in [1.54, 1.807) is 0 Å². The molecule has 1 aliphatic rings. The summed E-state index contributed by atoms with van der Waals surface area (Å²) in [5, 5.41) is 3.32. The molecular weight excluding hydrogens is 198 g/mol. The van der Waals surface area contributed by atoms with Gasteiger partial charge < -0.3 is 16.8 Å². The molecule has 0 saturated carbocycles. The van der Waals surface area contributed by atoms with Gasteiger partial charge in [0.2, 0.25) is 0 Å². The Morgan fingerprint density at radius 1 is 1.06 bits per heavy atom. The lowest BCUT2D eigenvalue weighted by atomic mass is 9.80. The van der Waals surface area contributed by atoms with Gasteiger partial charge in [-0.3, -0.25) is 0 Å². The molecular formula is C13H23N3. The molecule has 1 heterocycles. The van der Waals surface area contributed by atoms with E-state index < -0.39 is 0 Å². The van der Waals surface area contributed by atoms with Crippen molar-refractivity contribution in [1.29, 1.82) is 0 Å². The van der Waals surface area contributed by atoms with Crippen LogP contribution in [0.5, 0.6) is 0 Å². The van der Waals surface area contributed by atoms with Crippen LogP contribution in [-0.4, -0.2) is 13.1 Å². The van der Waals surface area contributed by atoms with Crippen molar-refractivity contribution in [3.63, 3.8) is 0 Å². The summed E-state index contributed by atoms with van der Waals surface area (Å²) < 4.78 is 0. The third kappa shape index (κ3) is 3.22. The molecule has 1 aliphatic heterocycles. The third-order valence-electron chi connectivity index (χ3n) is 3.17. The number of allylic oxidation sites excluding steroid dienone is 5. The maximum Gasteiger partial charge on any atom is 0.0184 e.